The first-order valence-electron chi connectivity index (χ1n) is 13.6. The highest BCUT2D eigenvalue weighted by atomic mass is 16.5. The van der Waals surface area contributed by atoms with Gasteiger partial charge in [-0.05, 0) is 70.6 Å². The third kappa shape index (κ3) is 5.34. The van der Waals surface area contributed by atoms with E-state index in [1.807, 2.05) is 0 Å². The molecule has 0 N–H and O–H groups in total. The van der Waals surface area contributed by atoms with Gasteiger partial charge in [0.2, 0.25) is 0 Å². The number of fused-ring (bicyclic) bond motifs is 2. The highest BCUT2D eigenvalue weighted by molar-refractivity contribution is 6.10. The van der Waals surface area contributed by atoms with Gasteiger partial charge in [-0.2, -0.15) is 0 Å². The molecule has 188 valence electrons. The molecule has 37 heavy (non-hydrogen) atoms. The van der Waals surface area contributed by atoms with Crippen molar-refractivity contribution in [3.05, 3.63) is 96.6 Å². The van der Waals surface area contributed by atoms with Crippen LogP contribution in [-0.2, 0) is 0 Å². The zero-order valence-electron chi connectivity index (χ0n) is 22.2. The molecule has 0 amide bonds. The van der Waals surface area contributed by atoms with Crippen molar-refractivity contribution >= 4 is 21.5 Å². The molecule has 0 aromatic heterocycles. The summed E-state index contributed by atoms with van der Waals surface area (Å²) in [6.07, 6.45) is 4.26. The Hall–Kier alpha value is -3.78. The van der Waals surface area contributed by atoms with E-state index in [-0.39, 0.29) is 0 Å². The molecule has 5 aromatic carbocycles. The number of unbranched alkanes of at least 4 members (excludes halogenated alkanes) is 2. The van der Waals surface area contributed by atoms with E-state index >= 15 is 0 Å². The molecular weight excluding hydrogens is 452 g/mol. The summed E-state index contributed by atoms with van der Waals surface area (Å²) in [7, 11) is 0. The van der Waals surface area contributed by atoms with Crippen LogP contribution in [0.1, 0.15) is 45.1 Å². The predicted octanol–water partition coefficient (Wildman–Crippen LogP) is 9.99. The number of ether oxygens (including phenoxy) is 2. The Balaban J connectivity index is 1.75. The number of benzene rings is 5. The highest BCUT2D eigenvalue weighted by Gasteiger charge is 2.19. The van der Waals surface area contributed by atoms with Crippen molar-refractivity contribution in [3.63, 3.8) is 0 Å². The van der Waals surface area contributed by atoms with Gasteiger partial charge >= 0.3 is 0 Å². The van der Waals surface area contributed by atoms with Crippen LogP contribution in [0.2, 0.25) is 0 Å². The lowest BCUT2D eigenvalue weighted by molar-refractivity contribution is 0.306. The van der Waals surface area contributed by atoms with E-state index < -0.39 is 0 Å². The maximum atomic E-state index is 6.44. The zero-order valence-corrected chi connectivity index (χ0v) is 22.2. The molecule has 0 spiro atoms. The monoisotopic (exact) mass is 488 g/mol. The van der Waals surface area contributed by atoms with Crippen LogP contribution in [0, 0.1) is 6.92 Å². The number of rotatable bonds is 10. The Morgan fingerprint density at radius 1 is 0.541 bits per heavy atom. The van der Waals surface area contributed by atoms with Crippen molar-refractivity contribution in [1.82, 2.24) is 0 Å². The number of hydrogen-bond acceptors (Lipinski definition) is 2. The fraction of sp³-hybridized carbons (Fsp3) is 0.257. The van der Waals surface area contributed by atoms with Crippen LogP contribution in [0.3, 0.4) is 0 Å². The van der Waals surface area contributed by atoms with Crippen molar-refractivity contribution in [1.29, 1.82) is 0 Å². The molecule has 0 atom stereocenters. The second-order valence-corrected chi connectivity index (χ2v) is 9.81. The minimum absolute atomic E-state index is 0.702. The predicted molar refractivity (Wildman–Crippen MR) is 158 cm³/mol. The summed E-state index contributed by atoms with van der Waals surface area (Å²) in [5.74, 6) is 1.84. The Bertz CT molecular complexity index is 1520. The first-order chi connectivity index (χ1) is 18.2. The number of aryl methyl sites for hydroxylation is 1. The third-order valence-electron chi connectivity index (χ3n) is 6.98. The molecule has 5 rings (SSSR count). The molecule has 5 aromatic rings. The highest BCUT2D eigenvalue weighted by Crippen LogP contribution is 2.46. The number of hydrogen-bond donors (Lipinski definition) is 0. The topological polar surface area (TPSA) is 18.5 Å². The van der Waals surface area contributed by atoms with Crippen LogP contribution in [0.5, 0.6) is 11.5 Å². The molecule has 2 heteroatoms. The maximum absolute atomic E-state index is 6.44. The first-order valence-corrected chi connectivity index (χ1v) is 13.6. The van der Waals surface area contributed by atoms with Crippen LogP contribution in [0.25, 0.3) is 43.8 Å². The van der Waals surface area contributed by atoms with Crippen LogP contribution in [0.4, 0.5) is 0 Å². The summed E-state index contributed by atoms with van der Waals surface area (Å²) >= 11 is 0. The van der Waals surface area contributed by atoms with Crippen LogP contribution >= 0.6 is 0 Å². The van der Waals surface area contributed by atoms with Gasteiger partial charge in [-0.3, -0.25) is 0 Å². The van der Waals surface area contributed by atoms with Crippen molar-refractivity contribution in [2.24, 2.45) is 0 Å². The molecule has 0 bridgehead atoms. The SMILES string of the molecule is CCCCOc1ccc2ccccc2c1-c1c(OCCCC)ccc2cc(-c3cccc(C)c3)ccc12. The van der Waals surface area contributed by atoms with Gasteiger partial charge in [-0.25, -0.2) is 0 Å². The van der Waals surface area contributed by atoms with Crippen molar-refractivity contribution in [3.8, 4) is 33.8 Å². The van der Waals surface area contributed by atoms with E-state index in [9.17, 15) is 0 Å². The van der Waals surface area contributed by atoms with E-state index in [0.29, 0.717) is 13.2 Å². The summed E-state index contributed by atoms with van der Waals surface area (Å²) in [6.45, 7) is 7.94. The minimum atomic E-state index is 0.702. The minimum Gasteiger partial charge on any atom is -0.493 e. The van der Waals surface area contributed by atoms with Gasteiger partial charge < -0.3 is 9.47 Å². The molecule has 0 saturated carbocycles. The summed E-state index contributed by atoms with van der Waals surface area (Å²) in [4.78, 5) is 0. The fourth-order valence-electron chi connectivity index (χ4n) is 4.97. The van der Waals surface area contributed by atoms with Gasteiger partial charge in [-0.1, -0.05) is 105 Å². The fourth-order valence-corrected chi connectivity index (χ4v) is 4.97. The Morgan fingerprint density at radius 2 is 1.16 bits per heavy atom. The van der Waals surface area contributed by atoms with Gasteiger partial charge in [0.25, 0.3) is 0 Å². The zero-order chi connectivity index (χ0) is 25.6. The summed E-state index contributed by atoms with van der Waals surface area (Å²) in [5, 5.41) is 4.77. The molecule has 0 aliphatic heterocycles. The van der Waals surface area contributed by atoms with Crippen molar-refractivity contribution in [2.45, 2.75) is 46.5 Å². The molecule has 0 radical (unpaired) electrons. The summed E-state index contributed by atoms with van der Waals surface area (Å²) in [6, 6.07) is 32.7. The van der Waals surface area contributed by atoms with E-state index in [1.54, 1.807) is 0 Å². The summed E-state index contributed by atoms with van der Waals surface area (Å²) in [5.41, 5.74) is 5.96. The Kier molecular flexibility index (Phi) is 7.75. The molecule has 2 nitrogen and oxygen atoms in total. The molecular formula is C35H36O2. The molecule has 0 fully saturated rings. The third-order valence-corrected chi connectivity index (χ3v) is 6.98. The lowest BCUT2D eigenvalue weighted by atomic mass is 9.90. The molecule has 0 aliphatic rings. The van der Waals surface area contributed by atoms with Gasteiger partial charge in [0.05, 0.1) is 13.2 Å². The standard InChI is InChI=1S/C35H36O2/c1-4-6-21-36-32-19-16-26-12-8-9-14-30(26)34(32)35-31-18-15-28(27-13-10-11-25(3)23-27)24-29(31)17-20-33(35)37-22-7-5-2/h8-20,23-24H,4-7,21-22H2,1-3H3. The summed E-state index contributed by atoms with van der Waals surface area (Å²) < 4.78 is 12.9. The maximum Gasteiger partial charge on any atom is 0.127 e. The quantitative estimate of drug-likeness (QED) is 0.182. The van der Waals surface area contributed by atoms with Gasteiger partial charge in [0.1, 0.15) is 11.5 Å². The lowest BCUT2D eigenvalue weighted by Gasteiger charge is -2.20. The van der Waals surface area contributed by atoms with E-state index in [4.69, 9.17) is 9.47 Å². The second-order valence-electron chi connectivity index (χ2n) is 9.81. The van der Waals surface area contributed by atoms with Crippen molar-refractivity contribution in [2.75, 3.05) is 13.2 Å². The van der Waals surface area contributed by atoms with E-state index in [0.717, 1.165) is 48.3 Å². The molecule has 0 unspecified atom stereocenters. The van der Waals surface area contributed by atoms with Gasteiger partial charge in [0.15, 0.2) is 0 Å². The van der Waals surface area contributed by atoms with Crippen LogP contribution < -0.4 is 9.47 Å². The lowest BCUT2D eigenvalue weighted by Crippen LogP contribution is -2.02. The van der Waals surface area contributed by atoms with E-state index in [1.165, 1.54) is 38.2 Å². The van der Waals surface area contributed by atoms with E-state index in [2.05, 4.69) is 112 Å². The normalized spacial score (nSPS) is 11.2. The van der Waals surface area contributed by atoms with Crippen molar-refractivity contribution < 1.29 is 9.47 Å². The van der Waals surface area contributed by atoms with Crippen LogP contribution in [0.15, 0.2) is 91.0 Å². The largest absolute Gasteiger partial charge is 0.493 e. The van der Waals surface area contributed by atoms with Crippen LogP contribution in [-0.4, -0.2) is 13.2 Å². The Labute approximate surface area is 220 Å². The average molecular weight is 489 g/mol. The first kappa shape index (κ1) is 24.9. The molecule has 0 aliphatic carbocycles. The van der Waals surface area contributed by atoms with Gasteiger partial charge in [-0.15, -0.1) is 0 Å². The Morgan fingerprint density at radius 3 is 1.84 bits per heavy atom. The van der Waals surface area contributed by atoms with Gasteiger partial charge in [0, 0.05) is 11.1 Å². The molecule has 0 saturated heterocycles. The molecule has 0 heterocycles. The average Bonchev–Trinajstić information content (AvgIpc) is 2.93. The second kappa shape index (κ2) is 11.5. The smallest absolute Gasteiger partial charge is 0.127 e.